The molecule has 1 aromatic carbocycles. The van der Waals surface area contributed by atoms with Crippen molar-refractivity contribution in [1.29, 1.82) is 0 Å². The fraction of sp³-hybridized carbons (Fsp3) is 0.154. The number of phenols is 2. The van der Waals surface area contributed by atoms with Crippen molar-refractivity contribution in [2.45, 2.75) is 13.3 Å². The molecule has 0 saturated carbocycles. The molecule has 3 aromatic rings. The smallest absolute Gasteiger partial charge is 0.272 e. The number of benzene rings is 1. The van der Waals surface area contributed by atoms with Crippen LogP contribution in [-0.2, 0) is 6.42 Å². The van der Waals surface area contributed by atoms with E-state index < -0.39 is 5.56 Å². The van der Waals surface area contributed by atoms with Crippen LogP contribution >= 0.6 is 11.6 Å². The first-order valence-electron chi connectivity index (χ1n) is 5.71. The van der Waals surface area contributed by atoms with Gasteiger partial charge in [0.2, 0.25) is 5.71 Å². The van der Waals surface area contributed by atoms with E-state index >= 15 is 0 Å². The highest BCUT2D eigenvalue weighted by Gasteiger charge is 2.17. The van der Waals surface area contributed by atoms with Crippen molar-refractivity contribution in [3.05, 3.63) is 39.3 Å². The molecule has 0 radical (unpaired) electrons. The monoisotopic (exact) mass is 279 g/mol. The molecule has 2 aromatic heterocycles. The molecule has 2 N–H and O–H groups in total. The number of hydrogen-bond donors (Lipinski definition) is 2. The summed E-state index contributed by atoms with van der Waals surface area (Å²) >= 11 is 5.82. The van der Waals surface area contributed by atoms with E-state index in [0.29, 0.717) is 17.0 Å². The van der Waals surface area contributed by atoms with E-state index in [2.05, 4.69) is 0 Å². The second-order valence-corrected chi connectivity index (χ2v) is 4.66. The molecule has 0 saturated heterocycles. The van der Waals surface area contributed by atoms with Crippen LogP contribution in [0.1, 0.15) is 12.5 Å². The molecular formula is C13H10ClNO4. The lowest BCUT2D eigenvalue weighted by Crippen LogP contribution is -2.12. The van der Waals surface area contributed by atoms with Crippen molar-refractivity contribution in [2.24, 2.45) is 0 Å². The highest BCUT2D eigenvalue weighted by atomic mass is 35.5. The van der Waals surface area contributed by atoms with Crippen LogP contribution in [0.5, 0.6) is 11.5 Å². The molecule has 0 unspecified atom stereocenters. The third-order valence-corrected chi connectivity index (χ3v) is 3.30. The summed E-state index contributed by atoms with van der Waals surface area (Å²) in [5.74, 6) is -0.351. The molecule has 0 amide bonds. The molecule has 0 aliphatic carbocycles. The lowest BCUT2D eigenvalue weighted by molar-refractivity contribution is 0.441. The molecule has 3 rings (SSSR count). The molecule has 0 spiro atoms. The average molecular weight is 280 g/mol. The van der Waals surface area contributed by atoms with E-state index in [9.17, 15) is 15.0 Å². The van der Waals surface area contributed by atoms with E-state index in [4.69, 9.17) is 16.0 Å². The number of halogens is 1. The maximum absolute atomic E-state index is 12.3. The van der Waals surface area contributed by atoms with Crippen molar-refractivity contribution >= 4 is 28.3 Å². The summed E-state index contributed by atoms with van der Waals surface area (Å²) in [7, 11) is 0. The Morgan fingerprint density at radius 2 is 2.11 bits per heavy atom. The van der Waals surface area contributed by atoms with Crippen LogP contribution in [0.4, 0.5) is 0 Å². The zero-order valence-corrected chi connectivity index (χ0v) is 10.7. The van der Waals surface area contributed by atoms with Crippen LogP contribution in [0.25, 0.3) is 16.7 Å². The standard InChI is InChI=1S/C13H10ClNO4/c1-2-7-8(16)4-9-11(12(7)17)13(18)15-5-6(14)3-10(15)19-9/h3-5,16-17H,2H2,1H3. The Morgan fingerprint density at radius 3 is 2.79 bits per heavy atom. The molecule has 2 heterocycles. The maximum Gasteiger partial charge on any atom is 0.272 e. The van der Waals surface area contributed by atoms with Crippen molar-refractivity contribution in [3.63, 3.8) is 0 Å². The molecule has 98 valence electrons. The second kappa shape index (κ2) is 3.93. The van der Waals surface area contributed by atoms with Crippen LogP contribution in [-0.4, -0.2) is 14.6 Å². The topological polar surface area (TPSA) is 75.1 Å². The fourth-order valence-electron chi connectivity index (χ4n) is 2.19. The molecule has 0 aliphatic rings. The van der Waals surface area contributed by atoms with Gasteiger partial charge in [-0.25, -0.2) is 0 Å². The zero-order chi connectivity index (χ0) is 13.7. The van der Waals surface area contributed by atoms with E-state index in [1.165, 1.54) is 22.7 Å². The minimum atomic E-state index is -0.435. The van der Waals surface area contributed by atoms with Gasteiger partial charge in [0.15, 0.2) is 0 Å². The Balaban J connectivity index is 2.59. The SMILES string of the molecule is CCc1c(O)cc2oc3cc(Cl)cn3c(=O)c2c1O. The zero-order valence-electron chi connectivity index (χ0n) is 9.98. The molecule has 0 fully saturated rings. The Labute approximate surface area is 112 Å². The van der Waals surface area contributed by atoms with Crippen LogP contribution in [0.2, 0.25) is 5.02 Å². The Hall–Kier alpha value is -2.14. The summed E-state index contributed by atoms with van der Waals surface area (Å²) in [5, 5.41) is 20.3. The highest BCUT2D eigenvalue weighted by molar-refractivity contribution is 6.30. The van der Waals surface area contributed by atoms with Crippen LogP contribution in [0.3, 0.4) is 0 Å². The van der Waals surface area contributed by atoms with Gasteiger partial charge in [0.05, 0.1) is 5.02 Å². The third kappa shape index (κ3) is 1.58. The van der Waals surface area contributed by atoms with E-state index in [1.807, 2.05) is 0 Å². The summed E-state index contributed by atoms with van der Waals surface area (Å²) < 4.78 is 6.69. The number of phenolic OH excluding ortho intramolecular Hbond substituents is 2. The van der Waals surface area contributed by atoms with E-state index in [-0.39, 0.29) is 28.2 Å². The average Bonchev–Trinajstić information content (AvgIpc) is 2.70. The van der Waals surface area contributed by atoms with Gasteiger partial charge >= 0.3 is 0 Å². The lowest BCUT2D eigenvalue weighted by Gasteiger charge is -2.08. The molecule has 0 atom stereocenters. The van der Waals surface area contributed by atoms with Gasteiger partial charge < -0.3 is 14.6 Å². The number of fused-ring (bicyclic) bond motifs is 2. The minimum absolute atomic E-state index is 0.0365. The van der Waals surface area contributed by atoms with Gasteiger partial charge in [-0.05, 0) is 6.42 Å². The maximum atomic E-state index is 12.3. The van der Waals surface area contributed by atoms with Crippen molar-refractivity contribution in [1.82, 2.24) is 4.40 Å². The molecule has 0 bridgehead atoms. The largest absolute Gasteiger partial charge is 0.507 e. The van der Waals surface area contributed by atoms with Gasteiger partial charge in [0.1, 0.15) is 22.5 Å². The van der Waals surface area contributed by atoms with E-state index in [1.54, 1.807) is 6.92 Å². The predicted molar refractivity (Wildman–Crippen MR) is 71.2 cm³/mol. The van der Waals surface area contributed by atoms with Gasteiger partial charge in [-0.15, -0.1) is 0 Å². The predicted octanol–water partition coefficient (Wildman–Crippen LogP) is 2.67. The number of nitrogens with zero attached hydrogens (tertiary/aromatic N) is 1. The van der Waals surface area contributed by atoms with Gasteiger partial charge in [-0.1, -0.05) is 18.5 Å². The third-order valence-electron chi connectivity index (χ3n) is 3.10. The highest BCUT2D eigenvalue weighted by Crippen LogP contribution is 2.34. The number of hydrogen-bond acceptors (Lipinski definition) is 4. The Morgan fingerprint density at radius 1 is 1.37 bits per heavy atom. The Kier molecular flexibility index (Phi) is 2.46. The molecular weight excluding hydrogens is 270 g/mol. The molecule has 6 heteroatoms. The first-order valence-corrected chi connectivity index (χ1v) is 6.09. The summed E-state index contributed by atoms with van der Waals surface area (Å²) in [6.45, 7) is 1.77. The van der Waals surface area contributed by atoms with Crippen molar-refractivity contribution in [2.75, 3.05) is 0 Å². The quantitative estimate of drug-likeness (QED) is 0.718. The van der Waals surface area contributed by atoms with Gasteiger partial charge in [-0.3, -0.25) is 9.20 Å². The number of aromatic hydroxyl groups is 2. The van der Waals surface area contributed by atoms with Gasteiger partial charge in [0.25, 0.3) is 5.56 Å². The van der Waals surface area contributed by atoms with Crippen LogP contribution in [0, 0.1) is 0 Å². The summed E-state index contributed by atoms with van der Waals surface area (Å²) in [4.78, 5) is 12.3. The van der Waals surface area contributed by atoms with Gasteiger partial charge in [-0.2, -0.15) is 0 Å². The number of rotatable bonds is 1. The summed E-state index contributed by atoms with van der Waals surface area (Å²) in [5.41, 5.74) is 0.262. The van der Waals surface area contributed by atoms with Crippen molar-refractivity contribution in [3.8, 4) is 11.5 Å². The first kappa shape index (κ1) is 11.9. The molecule has 0 aliphatic heterocycles. The minimum Gasteiger partial charge on any atom is -0.507 e. The van der Waals surface area contributed by atoms with E-state index in [0.717, 1.165) is 0 Å². The molecule has 19 heavy (non-hydrogen) atoms. The van der Waals surface area contributed by atoms with Crippen LogP contribution < -0.4 is 5.56 Å². The Bertz CT molecular complexity index is 863. The first-order chi connectivity index (χ1) is 9.02. The molecule has 5 nitrogen and oxygen atoms in total. The summed E-state index contributed by atoms with van der Waals surface area (Å²) in [6, 6.07) is 2.82. The second-order valence-electron chi connectivity index (χ2n) is 4.22. The summed E-state index contributed by atoms with van der Waals surface area (Å²) in [6.07, 6.45) is 1.82. The van der Waals surface area contributed by atoms with Gasteiger partial charge in [0, 0.05) is 23.9 Å². The number of aromatic nitrogens is 1. The normalized spacial score (nSPS) is 11.5. The van der Waals surface area contributed by atoms with Crippen LogP contribution in [0.15, 0.2) is 27.5 Å². The fourth-order valence-corrected chi connectivity index (χ4v) is 2.38. The van der Waals surface area contributed by atoms with Crippen molar-refractivity contribution < 1.29 is 14.6 Å². The lowest BCUT2D eigenvalue weighted by atomic mass is 10.1.